The molecule has 114 valence electrons. The lowest BCUT2D eigenvalue weighted by molar-refractivity contribution is -0.140. The molecule has 1 aromatic rings. The number of hydrogen-bond donors (Lipinski definition) is 1. The highest BCUT2D eigenvalue weighted by Crippen LogP contribution is 2.11. The summed E-state index contributed by atoms with van der Waals surface area (Å²) in [6, 6.07) is 5.31. The Kier molecular flexibility index (Phi) is 6.59. The fraction of sp³-hybridized carbons (Fsp3) is 0.375. The van der Waals surface area contributed by atoms with Crippen molar-refractivity contribution in [3.8, 4) is 0 Å². The highest BCUT2D eigenvalue weighted by Gasteiger charge is 2.24. The van der Waals surface area contributed by atoms with Crippen molar-refractivity contribution in [3.05, 3.63) is 48.3 Å². The summed E-state index contributed by atoms with van der Waals surface area (Å²) < 4.78 is 12.9. The third-order valence-corrected chi connectivity index (χ3v) is 3.16. The molecule has 2 amide bonds. The molecule has 0 heterocycles. The summed E-state index contributed by atoms with van der Waals surface area (Å²) >= 11 is 0. The van der Waals surface area contributed by atoms with Crippen LogP contribution >= 0.6 is 0 Å². The minimum Gasteiger partial charge on any atom is -0.351 e. The lowest BCUT2D eigenvalue weighted by Crippen LogP contribution is -2.47. The van der Waals surface area contributed by atoms with Crippen molar-refractivity contribution >= 4 is 11.8 Å². The molecule has 1 aromatic carbocycles. The first-order chi connectivity index (χ1) is 9.99. The van der Waals surface area contributed by atoms with E-state index in [-0.39, 0.29) is 24.2 Å². The number of hydrogen-bond acceptors (Lipinski definition) is 2. The number of benzene rings is 1. The molecule has 0 aliphatic rings. The van der Waals surface area contributed by atoms with Gasteiger partial charge in [0, 0.05) is 19.5 Å². The molecule has 0 bridgehead atoms. The molecule has 0 fully saturated rings. The van der Waals surface area contributed by atoms with E-state index in [9.17, 15) is 14.0 Å². The van der Waals surface area contributed by atoms with E-state index in [1.54, 1.807) is 32.1 Å². The first kappa shape index (κ1) is 16.9. The van der Waals surface area contributed by atoms with Crippen LogP contribution in [0.2, 0.25) is 0 Å². The van der Waals surface area contributed by atoms with Gasteiger partial charge in [0.05, 0.1) is 0 Å². The maximum absolute atomic E-state index is 12.9. The number of carbonyl (C=O) groups is 2. The van der Waals surface area contributed by atoms with Gasteiger partial charge in [-0.05, 0) is 24.6 Å². The minimum absolute atomic E-state index is 0.124. The van der Waals surface area contributed by atoms with Gasteiger partial charge in [0.15, 0.2) is 0 Å². The maximum Gasteiger partial charge on any atom is 0.242 e. The fourth-order valence-electron chi connectivity index (χ4n) is 1.89. The molecule has 0 aliphatic carbocycles. The Balaban J connectivity index is 2.84. The normalized spacial score (nSPS) is 11.6. The maximum atomic E-state index is 12.9. The summed E-state index contributed by atoms with van der Waals surface area (Å²) in [6.45, 7) is 7.58. The average Bonchev–Trinajstić information content (AvgIpc) is 2.50. The zero-order chi connectivity index (χ0) is 15.8. The molecule has 0 aliphatic heterocycles. The van der Waals surface area contributed by atoms with Crippen LogP contribution in [0.25, 0.3) is 0 Å². The van der Waals surface area contributed by atoms with E-state index in [2.05, 4.69) is 11.9 Å². The summed E-state index contributed by atoms with van der Waals surface area (Å²) in [4.78, 5) is 25.5. The Morgan fingerprint density at radius 1 is 1.38 bits per heavy atom. The second-order valence-electron chi connectivity index (χ2n) is 4.71. The van der Waals surface area contributed by atoms with Crippen LogP contribution in [-0.4, -0.2) is 29.3 Å². The molecule has 0 unspecified atom stereocenters. The van der Waals surface area contributed by atoms with Crippen molar-refractivity contribution in [1.29, 1.82) is 0 Å². The average molecular weight is 292 g/mol. The van der Waals surface area contributed by atoms with Crippen LogP contribution in [0.4, 0.5) is 4.39 Å². The molecule has 5 heteroatoms. The molecule has 0 aromatic heterocycles. The van der Waals surface area contributed by atoms with Gasteiger partial charge in [-0.3, -0.25) is 9.59 Å². The van der Waals surface area contributed by atoms with E-state index in [1.165, 1.54) is 17.0 Å². The van der Waals surface area contributed by atoms with E-state index < -0.39 is 6.04 Å². The van der Waals surface area contributed by atoms with Gasteiger partial charge in [0.1, 0.15) is 11.9 Å². The van der Waals surface area contributed by atoms with Crippen LogP contribution in [0.5, 0.6) is 0 Å². The van der Waals surface area contributed by atoms with Crippen molar-refractivity contribution < 1.29 is 14.0 Å². The molecule has 1 rings (SSSR count). The van der Waals surface area contributed by atoms with E-state index in [1.807, 2.05) is 0 Å². The third kappa shape index (κ3) is 5.02. The number of carbonyl (C=O) groups excluding carboxylic acids is 2. The Bertz CT molecular complexity index is 500. The number of amides is 2. The smallest absolute Gasteiger partial charge is 0.242 e. The summed E-state index contributed by atoms with van der Waals surface area (Å²) in [5, 5.41) is 2.68. The van der Waals surface area contributed by atoms with Gasteiger partial charge in [-0.2, -0.15) is 0 Å². The predicted octanol–water partition coefficient (Wildman–Crippen LogP) is 2.25. The molecule has 0 radical (unpaired) electrons. The molecule has 21 heavy (non-hydrogen) atoms. The largest absolute Gasteiger partial charge is 0.351 e. The van der Waals surface area contributed by atoms with Crippen LogP contribution in [-0.2, 0) is 16.1 Å². The lowest BCUT2D eigenvalue weighted by Gasteiger charge is -2.28. The van der Waals surface area contributed by atoms with Gasteiger partial charge in [-0.15, -0.1) is 6.58 Å². The summed E-state index contributed by atoms with van der Waals surface area (Å²) in [6.07, 6.45) is 1.89. The third-order valence-electron chi connectivity index (χ3n) is 3.16. The molecule has 1 atom stereocenters. The molecule has 0 spiro atoms. The van der Waals surface area contributed by atoms with Crippen LogP contribution in [0.3, 0.4) is 0 Å². The van der Waals surface area contributed by atoms with Gasteiger partial charge >= 0.3 is 0 Å². The van der Waals surface area contributed by atoms with Crippen LogP contribution in [0.15, 0.2) is 36.9 Å². The monoisotopic (exact) mass is 292 g/mol. The second-order valence-corrected chi connectivity index (χ2v) is 4.71. The van der Waals surface area contributed by atoms with Crippen LogP contribution in [0, 0.1) is 5.82 Å². The van der Waals surface area contributed by atoms with Gasteiger partial charge in [-0.25, -0.2) is 4.39 Å². The van der Waals surface area contributed by atoms with Crippen molar-refractivity contribution in [2.45, 2.75) is 32.9 Å². The zero-order valence-electron chi connectivity index (χ0n) is 12.4. The summed E-state index contributed by atoms with van der Waals surface area (Å²) in [7, 11) is 0. The van der Waals surface area contributed by atoms with E-state index in [4.69, 9.17) is 0 Å². The summed E-state index contributed by atoms with van der Waals surface area (Å²) in [5.41, 5.74) is 0.779. The Labute approximate surface area is 124 Å². The van der Waals surface area contributed by atoms with Gasteiger partial charge < -0.3 is 10.2 Å². The minimum atomic E-state index is -0.595. The quantitative estimate of drug-likeness (QED) is 0.784. The Hall–Kier alpha value is -2.17. The SMILES string of the molecule is C=CCNC(=O)[C@H](C)N(Cc1ccc(F)cc1)C(=O)CC. The van der Waals surface area contributed by atoms with Gasteiger partial charge in [0.25, 0.3) is 0 Å². The number of halogens is 1. The molecule has 4 nitrogen and oxygen atoms in total. The Morgan fingerprint density at radius 2 is 2.00 bits per heavy atom. The molecular formula is C16H21FN2O2. The van der Waals surface area contributed by atoms with E-state index in [0.717, 1.165) is 5.56 Å². The highest BCUT2D eigenvalue weighted by molar-refractivity contribution is 5.87. The number of nitrogens with one attached hydrogen (secondary N) is 1. The zero-order valence-corrected chi connectivity index (χ0v) is 12.4. The van der Waals surface area contributed by atoms with Crippen molar-refractivity contribution in [3.63, 3.8) is 0 Å². The lowest BCUT2D eigenvalue weighted by atomic mass is 10.1. The first-order valence-corrected chi connectivity index (χ1v) is 6.92. The summed E-state index contributed by atoms with van der Waals surface area (Å²) in [5.74, 6) is -0.691. The van der Waals surface area contributed by atoms with Crippen LogP contribution in [0.1, 0.15) is 25.8 Å². The highest BCUT2D eigenvalue weighted by atomic mass is 19.1. The van der Waals surface area contributed by atoms with Crippen molar-refractivity contribution in [1.82, 2.24) is 10.2 Å². The number of nitrogens with zero attached hydrogens (tertiary/aromatic N) is 1. The molecule has 0 saturated carbocycles. The second kappa shape index (κ2) is 8.19. The standard InChI is InChI=1S/C16H21FN2O2/c1-4-10-18-16(21)12(3)19(15(20)5-2)11-13-6-8-14(17)9-7-13/h4,6-9,12H,1,5,10-11H2,2-3H3,(H,18,21)/t12-/m0/s1. The van der Waals surface area contributed by atoms with Gasteiger partial charge in [-0.1, -0.05) is 25.1 Å². The molecule has 1 N–H and O–H groups in total. The van der Waals surface area contributed by atoms with E-state index >= 15 is 0 Å². The molecule has 0 saturated heterocycles. The fourth-order valence-corrected chi connectivity index (χ4v) is 1.89. The van der Waals surface area contributed by atoms with E-state index in [0.29, 0.717) is 13.0 Å². The number of rotatable bonds is 7. The molecular weight excluding hydrogens is 271 g/mol. The topological polar surface area (TPSA) is 49.4 Å². The van der Waals surface area contributed by atoms with Gasteiger partial charge in [0.2, 0.25) is 11.8 Å². The Morgan fingerprint density at radius 3 is 2.52 bits per heavy atom. The first-order valence-electron chi connectivity index (χ1n) is 6.92. The van der Waals surface area contributed by atoms with Crippen molar-refractivity contribution in [2.75, 3.05) is 6.54 Å². The van der Waals surface area contributed by atoms with Crippen molar-refractivity contribution in [2.24, 2.45) is 0 Å². The van der Waals surface area contributed by atoms with Crippen LogP contribution < -0.4 is 5.32 Å². The predicted molar refractivity (Wildman–Crippen MR) is 79.9 cm³/mol.